The Bertz CT molecular complexity index is 380. The van der Waals surface area contributed by atoms with Crippen LogP contribution in [0.3, 0.4) is 0 Å². The second-order valence-corrected chi connectivity index (χ2v) is 7.62. The van der Waals surface area contributed by atoms with Gasteiger partial charge >= 0.3 is 0 Å². The first-order valence-corrected chi connectivity index (χ1v) is 9.40. The summed E-state index contributed by atoms with van der Waals surface area (Å²) in [6, 6.07) is 0. The SMILES string of the molecule is CCN(CC)CC1CCN(C(=O)C2CC23CCNCC3)CC1. The van der Waals surface area contributed by atoms with Crippen LogP contribution in [0.5, 0.6) is 0 Å². The molecule has 2 aliphatic heterocycles. The molecule has 4 heteroatoms. The molecule has 1 N–H and O–H groups in total. The van der Waals surface area contributed by atoms with Crippen molar-refractivity contribution in [3.63, 3.8) is 0 Å². The van der Waals surface area contributed by atoms with Gasteiger partial charge in [0.25, 0.3) is 0 Å². The van der Waals surface area contributed by atoms with Gasteiger partial charge in [-0.2, -0.15) is 0 Å². The van der Waals surface area contributed by atoms with Crippen molar-refractivity contribution in [2.75, 3.05) is 45.8 Å². The number of nitrogens with zero attached hydrogens (tertiary/aromatic N) is 2. The third-order valence-electron chi connectivity index (χ3n) is 6.42. The number of piperidine rings is 2. The minimum Gasteiger partial charge on any atom is -0.342 e. The average molecular weight is 307 g/mol. The molecule has 0 aromatic heterocycles. The maximum absolute atomic E-state index is 12.8. The molecule has 3 fully saturated rings. The van der Waals surface area contributed by atoms with Crippen LogP contribution in [0.4, 0.5) is 0 Å². The molecule has 1 unspecified atom stereocenters. The van der Waals surface area contributed by atoms with Gasteiger partial charge in [0.15, 0.2) is 0 Å². The van der Waals surface area contributed by atoms with E-state index in [9.17, 15) is 4.79 Å². The topological polar surface area (TPSA) is 35.6 Å². The second kappa shape index (κ2) is 6.88. The molecule has 2 heterocycles. The lowest BCUT2D eigenvalue weighted by Crippen LogP contribution is -2.43. The van der Waals surface area contributed by atoms with Crippen molar-refractivity contribution >= 4 is 5.91 Å². The van der Waals surface area contributed by atoms with Gasteiger partial charge in [-0.3, -0.25) is 4.79 Å². The third-order valence-corrected chi connectivity index (χ3v) is 6.42. The van der Waals surface area contributed by atoms with Gasteiger partial charge in [0.2, 0.25) is 5.91 Å². The Morgan fingerprint density at radius 2 is 1.82 bits per heavy atom. The molecule has 22 heavy (non-hydrogen) atoms. The zero-order valence-electron chi connectivity index (χ0n) is 14.4. The van der Waals surface area contributed by atoms with Crippen LogP contribution >= 0.6 is 0 Å². The van der Waals surface area contributed by atoms with Gasteiger partial charge in [-0.25, -0.2) is 0 Å². The van der Waals surface area contributed by atoms with Gasteiger partial charge in [-0.1, -0.05) is 13.8 Å². The Labute approximate surface area is 135 Å². The Balaban J connectivity index is 1.45. The highest BCUT2D eigenvalue weighted by Gasteiger charge is 2.58. The van der Waals surface area contributed by atoms with Gasteiger partial charge in [0.1, 0.15) is 0 Å². The second-order valence-electron chi connectivity index (χ2n) is 7.62. The molecule has 0 aromatic rings. The number of amides is 1. The van der Waals surface area contributed by atoms with Crippen LogP contribution in [0.25, 0.3) is 0 Å². The maximum Gasteiger partial charge on any atom is 0.226 e. The van der Waals surface area contributed by atoms with E-state index >= 15 is 0 Å². The van der Waals surface area contributed by atoms with Crippen LogP contribution in [0.1, 0.15) is 46.0 Å². The van der Waals surface area contributed by atoms with Crippen molar-refractivity contribution in [2.45, 2.75) is 46.0 Å². The summed E-state index contributed by atoms with van der Waals surface area (Å²) in [5.41, 5.74) is 0.389. The predicted octanol–water partition coefficient (Wildman–Crippen LogP) is 1.96. The summed E-state index contributed by atoms with van der Waals surface area (Å²) >= 11 is 0. The molecule has 2 saturated heterocycles. The quantitative estimate of drug-likeness (QED) is 0.843. The molecule has 1 aliphatic carbocycles. The van der Waals surface area contributed by atoms with Crippen molar-refractivity contribution in [2.24, 2.45) is 17.3 Å². The highest BCUT2D eigenvalue weighted by molar-refractivity contribution is 5.82. The van der Waals surface area contributed by atoms with Crippen LogP contribution in [0, 0.1) is 17.3 Å². The van der Waals surface area contributed by atoms with Crippen LogP contribution in [-0.2, 0) is 4.79 Å². The Morgan fingerprint density at radius 1 is 1.18 bits per heavy atom. The van der Waals surface area contributed by atoms with Gasteiger partial charge in [-0.05, 0) is 69.6 Å². The molecule has 126 valence electrons. The molecular formula is C18H33N3O. The highest BCUT2D eigenvalue weighted by atomic mass is 16.2. The third kappa shape index (κ3) is 3.33. The zero-order chi connectivity index (χ0) is 15.6. The minimum absolute atomic E-state index is 0.355. The monoisotopic (exact) mass is 307 g/mol. The van der Waals surface area contributed by atoms with Crippen LogP contribution < -0.4 is 5.32 Å². The van der Waals surface area contributed by atoms with E-state index in [2.05, 4.69) is 29.0 Å². The fraction of sp³-hybridized carbons (Fsp3) is 0.944. The van der Waals surface area contributed by atoms with Gasteiger partial charge < -0.3 is 15.1 Å². The number of rotatable bonds is 5. The lowest BCUT2D eigenvalue weighted by Gasteiger charge is -2.35. The van der Waals surface area contributed by atoms with Crippen LogP contribution in [0.15, 0.2) is 0 Å². The highest BCUT2D eigenvalue weighted by Crippen LogP contribution is 2.59. The predicted molar refractivity (Wildman–Crippen MR) is 89.7 cm³/mol. The first-order chi connectivity index (χ1) is 10.7. The standard InChI is InChI=1S/C18H33N3O/c1-3-20(4-2)14-15-5-11-21(12-6-15)17(22)16-13-18(16)7-9-19-10-8-18/h15-16,19H,3-14H2,1-2H3. The van der Waals surface area contributed by atoms with Gasteiger partial charge in [0, 0.05) is 25.6 Å². The van der Waals surface area contributed by atoms with Crippen molar-refractivity contribution in [1.29, 1.82) is 0 Å². The number of hydrogen-bond donors (Lipinski definition) is 1. The number of carbonyl (C=O) groups is 1. The fourth-order valence-corrected chi connectivity index (χ4v) is 4.58. The lowest BCUT2D eigenvalue weighted by atomic mass is 9.91. The first kappa shape index (κ1) is 16.3. The molecule has 3 aliphatic rings. The van der Waals surface area contributed by atoms with Crippen molar-refractivity contribution in [3.8, 4) is 0 Å². The smallest absolute Gasteiger partial charge is 0.226 e. The largest absolute Gasteiger partial charge is 0.342 e. The summed E-state index contributed by atoms with van der Waals surface area (Å²) in [6.45, 7) is 12.2. The van der Waals surface area contributed by atoms with E-state index in [4.69, 9.17) is 0 Å². The molecule has 1 atom stereocenters. The molecule has 0 radical (unpaired) electrons. The van der Waals surface area contributed by atoms with Gasteiger partial charge in [0.05, 0.1) is 0 Å². The Hall–Kier alpha value is -0.610. The number of hydrogen-bond acceptors (Lipinski definition) is 3. The number of nitrogens with one attached hydrogen (secondary N) is 1. The van der Waals surface area contributed by atoms with E-state index in [1.54, 1.807) is 0 Å². The first-order valence-electron chi connectivity index (χ1n) is 9.40. The Morgan fingerprint density at radius 3 is 2.41 bits per heavy atom. The minimum atomic E-state index is 0.355. The summed E-state index contributed by atoms with van der Waals surface area (Å²) in [5.74, 6) is 1.62. The average Bonchev–Trinajstić information content (AvgIpc) is 3.26. The fourth-order valence-electron chi connectivity index (χ4n) is 4.58. The molecule has 1 spiro atoms. The van der Waals surface area contributed by atoms with Crippen LogP contribution in [-0.4, -0.2) is 61.5 Å². The Kier molecular flexibility index (Phi) is 5.08. The summed E-state index contributed by atoms with van der Waals surface area (Å²) in [7, 11) is 0. The zero-order valence-corrected chi connectivity index (χ0v) is 14.4. The normalized spacial score (nSPS) is 28.3. The summed E-state index contributed by atoms with van der Waals surface area (Å²) in [6.07, 6.45) is 5.98. The van der Waals surface area contributed by atoms with Crippen LogP contribution in [0.2, 0.25) is 0 Å². The molecule has 1 saturated carbocycles. The molecular weight excluding hydrogens is 274 g/mol. The van der Waals surface area contributed by atoms with Gasteiger partial charge in [-0.15, -0.1) is 0 Å². The van der Waals surface area contributed by atoms with E-state index in [1.165, 1.54) is 32.2 Å². The maximum atomic E-state index is 12.8. The summed E-state index contributed by atoms with van der Waals surface area (Å²) in [4.78, 5) is 17.5. The summed E-state index contributed by atoms with van der Waals surface area (Å²) in [5, 5.41) is 3.42. The van der Waals surface area contributed by atoms with E-state index < -0.39 is 0 Å². The molecule has 3 rings (SSSR count). The summed E-state index contributed by atoms with van der Waals surface area (Å²) < 4.78 is 0. The van der Waals surface area contributed by atoms with Crippen molar-refractivity contribution in [1.82, 2.24) is 15.1 Å². The molecule has 1 amide bonds. The van der Waals surface area contributed by atoms with Crippen molar-refractivity contribution < 1.29 is 4.79 Å². The molecule has 0 bridgehead atoms. The molecule has 4 nitrogen and oxygen atoms in total. The number of carbonyl (C=O) groups excluding carboxylic acids is 1. The lowest BCUT2D eigenvalue weighted by molar-refractivity contribution is -0.135. The van der Waals surface area contributed by atoms with E-state index in [0.29, 0.717) is 17.2 Å². The van der Waals surface area contributed by atoms with E-state index in [1.807, 2.05) is 0 Å². The van der Waals surface area contributed by atoms with Crippen molar-refractivity contribution in [3.05, 3.63) is 0 Å². The molecule has 0 aromatic carbocycles. The van der Waals surface area contributed by atoms with E-state index in [0.717, 1.165) is 51.6 Å². The number of likely N-dealkylation sites (tertiary alicyclic amines) is 1. The van der Waals surface area contributed by atoms with E-state index in [-0.39, 0.29) is 0 Å².